The molecule has 0 atom stereocenters. The predicted octanol–water partition coefficient (Wildman–Crippen LogP) is 9.85. The van der Waals surface area contributed by atoms with Gasteiger partial charge in [-0.25, -0.2) is 9.98 Å². The average molecular weight is 462 g/mol. The van der Waals surface area contributed by atoms with Crippen LogP contribution in [0.2, 0.25) is 20.5 Å². The topological polar surface area (TPSA) is 34.0 Å². The van der Waals surface area contributed by atoms with Gasteiger partial charge in [-0.2, -0.15) is 20.5 Å². The van der Waals surface area contributed by atoms with Crippen LogP contribution in [0.25, 0.3) is 0 Å². The number of benzene rings is 2. The third-order valence-electron chi connectivity index (χ3n) is 5.95. The van der Waals surface area contributed by atoms with Gasteiger partial charge < -0.3 is 4.65 Å². The van der Waals surface area contributed by atoms with Crippen molar-refractivity contribution < 1.29 is 4.65 Å². The van der Waals surface area contributed by atoms with Gasteiger partial charge in [0.1, 0.15) is 0 Å². The third kappa shape index (κ3) is 7.07. The standard InChI is InChI=1S/C30H46BN2O/c1-19(2)24-15-13-16-25(20(3)4)28(24)32-23(9)30(34-31(10,11)12)33-29-26(21(5)6)17-14-18-27(29)22(7)8/h13-22H,1-12H3/q-1. The number of hydrogen-bond acceptors (Lipinski definition) is 3. The lowest BCUT2D eigenvalue weighted by Gasteiger charge is -2.31. The Morgan fingerprint density at radius 1 is 0.618 bits per heavy atom. The van der Waals surface area contributed by atoms with E-state index in [1.54, 1.807) is 0 Å². The Labute approximate surface area is 209 Å². The molecule has 0 bridgehead atoms. The molecule has 0 spiro atoms. The Morgan fingerprint density at radius 2 is 0.941 bits per heavy atom. The minimum atomic E-state index is -1.08. The summed E-state index contributed by atoms with van der Waals surface area (Å²) in [6, 6.07) is 13.1. The van der Waals surface area contributed by atoms with Crippen molar-refractivity contribution in [2.75, 3.05) is 0 Å². The van der Waals surface area contributed by atoms with E-state index in [1.165, 1.54) is 22.3 Å². The molecule has 2 aromatic carbocycles. The summed E-state index contributed by atoms with van der Waals surface area (Å²) in [7, 11) is 0. The van der Waals surface area contributed by atoms with Crippen LogP contribution in [-0.4, -0.2) is 18.0 Å². The van der Waals surface area contributed by atoms with Crippen LogP contribution in [0.15, 0.2) is 46.4 Å². The van der Waals surface area contributed by atoms with E-state index in [9.17, 15) is 0 Å². The van der Waals surface area contributed by atoms with Gasteiger partial charge in [0.2, 0.25) is 0 Å². The van der Waals surface area contributed by atoms with Crippen LogP contribution in [0, 0.1) is 0 Å². The monoisotopic (exact) mass is 461 g/mol. The largest absolute Gasteiger partial charge is 0.699 e. The van der Waals surface area contributed by atoms with Gasteiger partial charge in [0.05, 0.1) is 17.1 Å². The molecule has 0 radical (unpaired) electrons. The molecule has 0 heterocycles. The number of para-hydroxylation sites is 2. The Bertz CT molecular complexity index is 988. The van der Waals surface area contributed by atoms with Crippen molar-refractivity contribution in [2.24, 2.45) is 9.98 Å². The Hall–Kier alpha value is -2.36. The minimum absolute atomic E-state index is 0.366. The molecule has 0 aromatic heterocycles. The van der Waals surface area contributed by atoms with Crippen molar-refractivity contribution in [1.82, 2.24) is 0 Å². The highest BCUT2D eigenvalue weighted by molar-refractivity contribution is 6.73. The Kier molecular flexibility index (Phi) is 9.33. The molecule has 2 rings (SSSR count). The molecule has 0 aliphatic rings. The summed E-state index contributed by atoms with van der Waals surface area (Å²) < 4.78 is 6.53. The van der Waals surface area contributed by atoms with Crippen molar-refractivity contribution in [3.8, 4) is 0 Å². The van der Waals surface area contributed by atoms with Crippen LogP contribution < -0.4 is 0 Å². The molecule has 3 nitrogen and oxygen atoms in total. The number of nitrogens with zero attached hydrogens (tertiary/aromatic N) is 2. The lowest BCUT2D eigenvalue weighted by molar-refractivity contribution is 0.561. The maximum Gasteiger partial charge on any atom is 0.186 e. The van der Waals surface area contributed by atoms with Crippen molar-refractivity contribution in [3.63, 3.8) is 0 Å². The second-order valence-corrected chi connectivity index (χ2v) is 11.9. The van der Waals surface area contributed by atoms with E-state index in [4.69, 9.17) is 14.6 Å². The number of rotatable bonds is 8. The van der Waals surface area contributed by atoms with Crippen molar-refractivity contribution in [1.29, 1.82) is 0 Å². The van der Waals surface area contributed by atoms with Gasteiger partial charge in [-0.1, -0.05) is 91.8 Å². The molecule has 0 saturated heterocycles. The quantitative estimate of drug-likeness (QED) is 0.219. The van der Waals surface area contributed by atoms with Crippen molar-refractivity contribution in [2.45, 2.75) is 106 Å². The molecule has 2 aromatic rings. The molecule has 0 saturated carbocycles. The SMILES string of the molecule is CC(=Nc1c(C(C)C)cccc1C(C)C)C(=Nc1c(C(C)C)cccc1C(C)C)O[B-](C)(C)C. The third-order valence-corrected chi connectivity index (χ3v) is 5.95. The highest BCUT2D eigenvalue weighted by Gasteiger charge is 2.19. The fourth-order valence-corrected chi connectivity index (χ4v) is 4.13. The van der Waals surface area contributed by atoms with Gasteiger partial charge in [0.15, 0.2) is 12.2 Å². The molecule has 186 valence electrons. The summed E-state index contributed by atoms with van der Waals surface area (Å²) in [5, 5.41) is 0. The average Bonchev–Trinajstić information content (AvgIpc) is 2.71. The normalized spacial score (nSPS) is 13.5. The Morgan fingerprint density at radius 3 is 1.24 bits per heavy atom. The lowest BCUT2D eigenvalue weighted by Crippen LogP contribution is -2.32. The van der Waals surface area contributed by atoms with Crippen LogP contribution in [-0.2, 0) is 4.65 Å². The van der Waals surface area contributed by atoms with Crippen LogP contribution >= 0.6 is 0 Å². The summed E-state index contributed by atoms with van der Waals surface area (Å²) in [5.74, 6) is 2.12. The second kappa shape index (κ2) is 11.4. The molecule has 34 heavy (non-hydrogen) atoms. The molecule has 0 unspecified atom stereocenters. The number of aliphatic imine (C=N–C) groups is 2. The van der Waals surface area contributed by atoms with Gasteiger partial charge in [0.25, 0.3) is 0 Å². The maximum atomic E-state index is 6.53. The van der Waals surface area contributed by atoms with E-state index in [-0.39, 0.29) is 0 Å². The van der Waals surface area contributed by atoms with Gasteiger partial charge in [-0.3, -0.25) is 0 Å². The lowest BCUT2D eigenvalue weighted by atomic mass is 9.47. The summed E-state index contributed by atoms with van der Waals surface area (Å²) in [6.07, 6.45) is -1.08. The van der Waals surface area contributed by atoms with E-state index in [1.807, 2.05) is 6.92 Å². The summed E-state index contributed by atoms with van der Waals surface area (Å²) in [6.45, 7) is 26.2. The molecule has 0 aliphatic carbocycles. The van der Waals surface area contributed by atoms with Crippen LogP contribution in [0.4, 0.5) is 11.4 Å². The zero-order valence-electron chi connectivity index (χ0n) is 23.7. The van der Waals surface area contributed by atoms with Gasteiger partial charge in [-0.05, 0) is 52.8 Å². The van der Waals surface area contributed by atoms with Gasteiger partial charge >= 0.3 is 0 Å². The highest BCUT2D eigenvalue weighted by Crippen LogP contribution is 2.37. The van der Waals surface area contributed by atoms with E-state index in [2.05, 4.69) is 112 Å². The summed E-state index contributed by atoms with van der Waals surface area (Å²) in [4.78, 5) is 10.4. The molecule has 0 amide bonds. The van der Waals surface area contributed by atoms with Gasteiger partial charge in [-0.15, -0.1) is 0 Å². The smallest absolute Gasteiger partial charge is 0.186 e. The van der Waals surface area contributed by atoms with Crippen LogP contribution in [0.1, 0.15) is 108 Å². The van der Waals surface area contributed by atoms with E-state index in [0.29, 0.717) is 29.6 Å². The first-order valence-corrected chi connectivity index (χ1v) is 13.1. The zero-order chi connectivity index (χ0) is 25.8. The second-order valence-electron chi connectivity index (χ2n) is 11.9. The molecule has 0 fully saturated rings. The van der Waals surface area contributed by atoms with E-state index < -0.39 is 6.35 Å². The summed E-state index contributed by atoms with van der Waals surface area (Å²) >= 11 is 0. The predicted molar refractivity (Wildman–Crippen MR) is 154 cm³/mol. The molecular formula is C30H46BN2O-. The molecular weight excluding hydrogens is 415 g/mol. The van der Waals surface area contributed by atoms with E-state index in [0.717, 1.165) is 17.1 Å². The fraction of sp³-hybridized carbons (Fsp3) is 0.533. The maximum absolute atomic E-state index is 6.53. The van der Waals surface area contributed by atoms with Gasteiger partial charge in [0, 0.05) is 0 Å². The van der Waals surface area contributed by atoms with Crippen LogP contribution in [0.3, 0.4) is 0 Å². The van der Waals surface area contributed by atoms with Crippen molar-refractivity contribution >= 4 is 29.3 Å². The first kappa shape index (κ1) is 27.9. The zero-order valence-corrected chi connectivity index (χ0v) is 23.7. The molecule has 0 aliphatic heterocycles. The molecule has 4 heteroatoms. The van der Waals surface area contributed by atoms with Crippen molar-refractivity contribution in [3.05, 3.63) is 58.7 Å². The molecule has 0 N–H and O–H groups in total. The first-order chi connectivity index (χ1) is 15.7. The minimum Gasteiger partial charge on any atom is -0.699 e. The Balaban J connectivity index is 2.82. The highest BCUT2D eigenvalue weighted by atomic mass is 16.5. The first-order valence-electron chi connectivity index (χ1n) is 13.1. The fourth-order valence-electron chi connectivity index (χ4n) is 4.13. The number of hydrogen-bond donors (Lipinski definition) is 0. The van der Waals surface area contributed by atoms with Crippen LogP contribution in [0.5, 0.6) is 0 Å². The summed E-state index contributed by atoms with van der Waals surface area (Å²) in [5.41, 5.74) is 7.91. The van der Waals surface area contributed by atoms with E-state index >= 15 is 0 Å².